The minimum Gasteiger partial charge on any atom is -0.496 e. The summed E-state index contributed by atoms with van der Waals surface area (Å²) in [6.45, 7) is 1.74. The van der Waals surface area contributed by atoms with E-state index in [-0.39, 0.29) is 23.0 Å². The van der Waals surface area contributed by atoms with Gasteiger partial charge in [-0.05, 0) is 29.8 Å². The molecular formula is C20H19ClN4O5. The third-order valence-corrected chi connectivity index (χ3v) is 4.61. The zero-order chi connectivity index (χ0) is 21.8. The minimum absolute atomic E-state index is 0.159. The number of nitrogens with one attached hydrogen (secondary N) is 2. The average molecular weight is 431 g/mol. The monoisotopic (exact) mass is 430 g/mol. The number of esters is 1. The van der Waals surface area contributed by atoms with E-state index in [4.69, 9.17) is 21.1 Å². The zero-order valence-corrected chi connectivity index (χ0v) is 17.2. The number of hydrogen-bond donors (Lipinski definition) is 2. The van der Waals surface area contributed by atoms with Gasteiger partial charge in [0.2, 0.25) is 5.91 Å². The van der Waals surface area contributed by atoms with E-state index in [1.165, 1.54) is 33.3 Å². The van der Waals surface area contributed by atoms with Crippen LogP contribution in [0, 0.1) is 0 Å². The van der Waals surface area contributed by atoms with E-state index in [2.05, 4.69) is 15.4 Å². The van der Waals surface area contributed by atoms with E-state index in [1.807, 2.05) is 0 Å². The van der Waals surface area contributed by atoms with Crippen molar-refractivity contribution in [3.05, 3.63) is 63.0 Å². The van der Waals surface area contributed by atoms with Gasteiger partial charge < -0.3 is 14.8 Å². The first-order valence-corrected chi connectivity index (χ1v) is 9.21. The Bertz CT molecular complexity index is 1170. The SMILES string of the molecule is COC(=O)c1ccc(-n2nc(-c3cc(CNC(C)=O)ccc3Cl)[nH]c2=O)cc1OC. The fourth-order valence-electron chi connectivity index (χ4n) is 2.80. The normalized spacial score (nSPS) is 10.5. The highest BCUT2D eigenvalue weighted by Crippen LogP contribution is 2.27. The summed E-state index contributed by atoms with van der Waals surface area (Å²) < 4.78 is 11.1. The molecule has 1 heterocycles. The highest BCUT2D eigenvalue weighted by atomic mass is 35.5. The lowest BCUT2D eigenvalue weighted by Gasteiger charge is -2.09. The lowest BCUT2D eigenvalue weighted by atomic mass is 10.1. The van der Waals surface area contributed by atoms with E-state index in [0.717, 1.165) is 10.2 Å². The van der Waals surface area contributed by atoms with Gasteiger partial charge >= 0.3 is 11.7 Å². The van der Waals surface area contributed by atoms with Crippen molar-refractivity contribution in [1.82, 2.24) is 20.1 Å². The van der Waals surface area contributed by atoms with Crippen LogP contribution in [0.3, 0.4) is 0 Å². The fraction of sp³-hybridized carbons (Fsp3) is 0.200. The first-order valence-electron chi connectivity index (χ1n) is 8.83. The van der Waals surface area contributed by atoms with Crippen LogP contribution in [0.2, 0.25) is 5.02 Å². The summed E-state index contributed by atoms with van der Waals surface area (Å²) in [5, 5.41) is 7.42. The Balaban J connectivity index is 2.00. The molecule has 1 aromatic heterocycles. The molecule has 0 saturated carbocycles. The molecule has 10 heteroatoms. The number of amides is 1. The maximum atomic E-state index is 12.5. The van der Waals surface area contributed by atoms with Crippen LogP contribution in [0.5, 0.6) is 5.75 Å². The Hall–Kier alpha value is -3.59. The zero-order valence-electron chi connectivity index (χ0n) is 16.5. The van der Waals surface area contributed by atoms with Crippen molar-refractivity contribution in [3.63, 3.8) is 0 Å². The molecule has 0 unspecified atom stereocenters. The lowest BCUT2D eigenvalue weighted by molar-refractivity contribution is -0.119. The summed E-state index contributed by atoms with van der Waals surface area (Å²) in [6.07, 6.45) is 0. The molecule has 3 aromatic rings. The molecule has 2 aromatic carbocycles. The summed E-state index contributed by atoms with van der Waals surface area (Å²) in [6, 6.07) is 9.72. The second-order valence-electron chi connectivity index (χ2n) is 6.29. The number of methoxy groups -OCH3 is 2. The molecule has 9 nitrogen and oxygen atoms in total. The van der Waals surface area contributed by atoms with E-state index in [1.54, 1.807) is 24.3 Å². The van der Waals surface area contributed by atoms with Crippen LogP contribution in [-0.4, -0.2) is 40.9 Å². The quantitative estimate of drug-likeness (QED) is 0.580. The first-order chi connectivity index (χ1) is 14.3. The molecule has 30 heavy (non-hydrogen) atoms. The molecule has 0 aliphatic rings. The molecule has 0 saturated heterocycles. The van der Waals surface area contributed by atoms with Crippen LogP contribution < -0.4 is 15.7 Å². The number of H-pyrrole nitrogens is 1. The topological polar surface area (TPSA) is 115 Å². The van der Waals surface area contributed by atoms with Crippen molar-refractivity contribution < 1.29 is 19.1 Å². The third-order valence-electron chi connectivity index (χ3n) is 4.28. The molecule has 1 amide bonds. The van der Waals surface area contributed by atoms with Gasteiger partial charge in [-0.15, -0.1) is 5.10 Å². The van der Waals surface area contributed by atoms with Gasteiger partial charge in [-0.3, -0.25) is 9.78 Å². The highest BCUT2D eigenvalue weighted by molar-refractivity contribution is 6.33. The maximum absolute atomic E-state index is 12.5. The molecule has 0 spiro atoms. The summed E-state index contributed by atoms with van der Waals surface area (Å²) in [5.41, 5.74) is 1.41. The van der Waals surface area contributed by atoms with Gasteiger partial charge in [0.05, 0.1) is 24.9 Å². The number of carbonyl (C=O) groups is 2. The number of aromatic nitrogens is 3. The number of aromatic amines is 1. The molecular weight excluding hydrogens is 412 g/mol. The van der Waals surface area contributed by atoms with Crippen LogP contribution in [-0.2, 0) is 16.1 Å². The first kappa shape index (κ1) is 21.1. The number of halogens is 1. The van der Waals surface area contributed by atoms with E-state index < -0.39 is 11.7 Å². The number of rotatable bonds is 6. The second-order valence-corrected chi connectivity index (χ2v) is 6.70. The van der Waals surface area contributed by atoms with Crippen molar-refractivity contribution in [2.75, 3.05) is 14.2 Å². The summed E-state index contributed by atoms with van der Waals surface area (Å²) >= 11 is 6.29. The molecule has 2 N–H and O–H groups in total. The van der Waals surface area contributed by atoms with Gasteiger partial charge in [0.1, 0.15) is 11.3 Å². The molecule has 0 bridgehead atoms. The highest BCUT2D eigenvalue weighted by Gasteiger charge is 2.17. The number of nitrogens with zero attached hydrogens (tertiary/aromatic N) is 2. The maximum Gasteiger partial charge on any atom is 0.348 e. The van der Waals surface area contributed by atoms with E-state index >= 15 is 0 Å². The number of ether oxygens (including phenoxy) is 2. The lowest BCUT2D eigenvalue weighted by Crippen LogP contribution is -2.18. The van der Waals surface area contributed by atoms with Crippen LogP contribution >= 0.6 is 11.6 Å². The van der Waals surface area contributed by atoms with Crippen molar-refractivity contribution in [3.8, 4) is 22.8 Å². The van der Waals surface area contributed by atoms with Crippen molar-refractivity contribution in [2.24, 2.45) is 0 Å². The smallest absolute Gasteiger partial charge is 0.348 e. The Morgan fingerprint density at radius 1 is 1.20 bits per heavy atom. The van der Waals surface area contributed by atoms with Crippen molar-refractivity contribution in [2.45, 2.75) is 13.5 Å². The second kappa shape index (κ2) is 8.83. The van der Waals surface area contributed by atoms with Crippen molar-refractivity contribution >= 4 is 23.5 Å². The van der Waals surface area contributed by atoms with Gasteiger partial charge in [-0.2, -0.15) is 4.68 Å². The van der Waals surface area contributed by atoms with Crippen LogP contribution in [0.15, 0.2) is 41.2 Å². The van der Waals surface area contributed by atoms with Crippen LogP contribution in [0.4, 0.5) is 0 Å². The van der Waals surface area contributed by atoms with Crippen LogP contribution in [0.25, 0.3) is 17.1 Å². The standard InChI is InChI=1S/C20H19ClN4O5/c1-11(26)22-10-12-4-7-16(21)15(8-12)18-23-20(28)25(24-18)13-5-6-14(19(27)30-3)17(9-13)29-2/h4-9H,10H2,1-3H3,(H,22,26)(H,23,24,28). The predicted molar refractivity (Wildman–Crippen MR) is 110 cm³/mol. The largest absolute Gasteiger partial charge is 0.496 e. The summed E-state index contributed by atoms with van der Waals surface area (Å²) in [5.74, 6) is -0.221. The third kappa shape index (κ3) is 4.36. The molecule has 0 radical (unpaired) electrons. The number of benzene rings is 2. The molecule has 0 fully saturated rings. The van der Waals surface area contributed by atoms with Gasteiger partial charge in [0.15, 0.2) is 5.82 Å². The Kier molecular flexibility index (Phi) is 6.22. The van der Waals surface area contributed by atoms with Gasteiger partial charge in [-0.1, -0.05) is 17.7 Å². The van der Waals surface area contributed by atoms with Crippen molar-refractivity contribution in [1.29, 1.82) is 0 Å². The van der Waals surface area contributed by atoms with E-state index in [0.29, 0.717) is 22.8 Å². The predicted octanol–water partition coefficient (Wildman–Crippen LogP) is 2.31. The molecule has 156 valence electrons. The summed E-state index contributed by atoms with van der Waals surface area (Å²) in [7, 11) is 2.68. The molecule has 0 aliphatic carbocycles. The van der Waals surface area contributed by atoms with Crippen LogP contribution in [0.1, 0.15) is 22.8 Å². The Labute approximate surface area is 176 Å². The van der Waals surface area contributed by atoms with Gasteiger partial charge in [0, 0.05) is 25.1 Å². The Morgan fingerprint density at radius 3 is 2.63 bits per heavy atom. The molecule has 0 aliphatic heterocycles. The number of hydrogen-bond acceptors (Lipinski definition) is 6. The van der Waals surface area contributed by atoms with E-state index in [9.17, 15) is 14.4 Å². The average Bonchev–Trinajstić information content (AvgIpc) is 3.13. The minimum atomic E-state index is -0.559. The van der Waals surface area contributed by atoms with Gasteiger partial charge in [-0.25, -0.2) is 9.59 Å². The number of carbonyl (C=O) groups excluding carboxylic acids is 2. The Morgan fingerprint density at radius 2 is 1.97 bits per heavy atom. The molecule has 0 atom stereocenters. The summed E-state index contributed by atoms with van der Waals surface area (Å²) in [4.78, 5) is 38.2. The fourth-order valence-corrected chi connectivity index (χ4v) is 3.01. The molecule has 3 rings (SSSR count). The van der Waals surface area contributed by atoms with Gasteiger partial charge in [0.25, 0.3) is 0 Å².